The van der Waals surface area contributed by atoms with Crippen LogP contribution in [0, 0.1) is 5.92 Å². The summed E-state index contributed by atoms with van der Waals surface area (Å²) in [5.41, 5.74) is 5.72. The first-order valence-electron chi connectivity index (χ1n) is 5.24. The van der Waals surface area contributed by atoms with Gasteiger partial charge in [-0.25, -0.2) is 0 Å². The highest BCUT2D eigenvalue weighted by Crippen LogP contribution is 2.30. The molecule has 1 saturated carbocycles. The Morgan fingerprint density at radius 2 is 2.08 bits per heavy atom. The average Bonchev–Trinajstić information content (AvgIpc) is 2.86. The van der Waals surface area contributed by atoms with Crippen LogP contribution in [-0.2, 0) is 0 Å². The van der Waals surface area contributed by atoms with Gasteiger partial charge in [-0.3, -0.25) is 4.90 Å². The molecule has 1 atom stereocenters. The molecule has 1 rings (SSSR count). The van der Waals surface area contributed by atoms with Crippen molar-refractivity contribution in [3.05, 3.63) is 0 Å². The third-order valence-corrected chi connectivity index (χ3v) is 2.62. The van der Waals surface area contributed by atoms with E-state index in [-0.39, 0.29) is 12.6 Å². The number of nitrogens with two attached hydrogens (primary N) is 1. The Kier molecular flexibility index (Phi) is 4.16. The molecular weight excluding hydrogens is 164 g/mol. The molecule has 3 heteroatoms. The zero-order valence-electron chi connectivity index (χ0n) is 8.74. The second kappa shape index (κ2) is 4.94. The standard InChI is InChI=1S/C10H22N2O/c1-8(2)12(5-9-3-4-9)6-10(11)7-13/h8-10,13H,3-7,11H2,1-2H3. The Hall–Kier alpha value is -0.120. The number of hydrogen-bond donors (Lipinski definition) is 2. The van der Waals surface area contributed by atoms with E-state index in [1.807, 2.05) is 0 Å². The first kappa shape index (κ1) is 11.0. The Labute approximate surface area is 80.9 Å². The number of hydrogen-bond acceptors (Lipinski definition) is 3. The van der Waals surface area contributed by atoms with Crippen molar-refractivity contribution in [3.8, 4) is 0 Å². The van der Waals surface area contributed by atoms with Crippen molar-refractivity contribution < 1.29 is 5.11 Å². The zero-order chi connectivity index (χ0) is 9.84. The van der Waals surface area contributed by atoms with Crippen LogP contribution in [-0.4, -0.2) is 41.8 Å². The second-order valence-electron chi connectivity index (χ2n) is 4.43. The Bertz CT molecular complexity index is 146. The number of aliphatic hydroxyl groups excluding tert-OH is 1. The van der Waals surface area contributed by atoms with Crippen LogP contribution >= 0.6 is 0 Å². The summed E-state index contributed by atoms with van der Waals surface area (Å²) in [6.07, 6.45) is 2.75. The van der Waals surface area contributed by atoms with Crippen molar-refractivity contribution >= 4 is 0 Å². The van der Waals surface area contributed by atoms with Gasteiger partial charge in [0, 0.05) is 25.2 Å². The van der Waals surface area contributed by atoms with Gasteiger partial charge in [0.05, 0.1) is 6.61 Å². The molecule has 0 bridgehead atoms. The normalized spacial score (nSPS) is 19.8. The van der Waals surface area contributed by atoms with Gasteiger partial charge in [0.15, 0.2) is 0 Å². The summed E-state index contributed by atoms with van der Waals surface area (Å²) in [5.74, 6) is 0.897. The lowest BCUT2D eigenvalue weighted by atomic mass is 10.2. The molecule has 0 aromatic rings. The maximum atomic E-state index is 8.86. The summed E-state index contributed by atoms with van der Waals surface area (Å²) in [6, 6.07) is 0.458. The highest BCUT2D eigenvalue weighted by molar-refractivity contribution is 4.80. The van der Waals surface area contributed by atoms with Crippen LogP contribution in [0.25, 0.3) is 0 Å². The molecule has 0 saturated heterocycles. The summed E-state index contributed by atoms with van der Waals surface area (Å²) in [6.45, 7) is 6.45. The van der Waals surface area contributed by atoms with E-state index in [1.165, 1.54) is 12.8 Å². The molecule has 1 aliphatic carbocycles. The Morgan fingerprint density at radius 1 is 1.46 bits per heavy atom. The maximum Gasteiger partial charge on any atom is 0.0595 e. The van der Waals surface area contributed by atoms with Crippen molar-refractivity contribution in [2.75, 3.05) is 19.7 Å². The lowest BCUT2D eigenvalue weighted by molar-refractivity contribution is 0.168. The van der Waals surface area contributed by atoms with Gasteiger partial charge in [-0.15, -0.1) is 0 Å². The fourth-order valence-corrected chi connectivity index (χ4v) is 1.49. The molecular formula is C10H22N2O. The van der Waals surface area contributed by atoms with E-state index in [2.05, 4.69) is 18.7 Å². The fourth-order valence-electron chi connectivity index (χ4n) is 1.49. The molecule has 0 amide bonds. The molecule has 1 unspecified atom stereocenters. The van der Waals surface area contributed by atoms with Gasteiger partial charge in [-0.1, -0.05) is 0 Å². The highest BCUT2D eigenvalue weighted by Gasteiger charge is 2.25. The first-order valence-corrected chi connectivity index (χ1v) is 5.24. The molecule has 3 N–H and O–H groups in total. The lowest BCUT2D eigenvalue weighted by Gasteiger charge is -2.28. The first-order chi connectivity index (χ1) is 6.13. The van der Waals surface area contributed by atoms with Crippen LogP contribution in [0.3, 0.4) is 0 Å². The van der Waals surface area contributed by atoms with Gasteiger partial charge < -0.3 is 10.8 Å². The maximum absolute atomic E-state index is 8.86. The van der Waals surface area contributed by atoms with Crippen molar-refractivity contribution in [3.63, 3.8) is 0 Å². The van der Waals surface area contributed by atoms with Crippen LogP contribution in [0.2, 0.25) is 0 Å². The van der Waals surface area contributed by atoms with E-state index >= 15 is 0 Å². The topological polar surface area (TPSA) is 49.5 Å². The summed E-state index contributed by atoms with van der Waals surface area (Å²) < 4.78 is 0. The fraction of sp³-hybridized carbons (Fsp3) is 1.00. The summed E-state index contributed by atoms with van der Waals surface area (Å²) in [4.78, 5) is 2.37. The van der Waals surface area contributed by atoms with E-state index in [9.17, 15) is 0 Å². The molecule has 0 radical (unpaired) electrons. The number of aliphatic hydroxyl groups is 1. The third-order valence-electron chi connectivity index (χ3n) is 2.62. The van der Waals surface area contributed by atoms with E-state index in [0.717, 1.165) is 19.0 Å². The Balaban J connectivity index is 2.27. The summed E-state index contributed by atoms with van der Waals surface area (Å²) in [7, 11) is 0. The van der Waals surface area contributed by atoms with Crippen LogP contribution in [0.15, 0.2) is 0 Å². The molecule has 0 aromatic carbocycles. The summed E-state index contributed by atoms with van der Waals surface area (Å²) in [5, 5.41) is 8.86. The third kappa shape index (κ3) is 4.07. The zero-order valence-corrected chi connectivity index (χ0v) is 8.74. The minimum Gasteiger partial charge on any atom is -0.395 e. The molecule has 0 aliphatic heterocycles. The molecule has 0 spiro atoms. The van der Waals surface area contributed by atoms with Crippen molar-refractivity contribution in [2.24, 2.45) is 11.7 Å². The van der Waals surface area contributed by atoms with E-state index in [0.29, 0.717) is 6.04 Å². The Morgan fingerprint density at radius 3 is 2.46 bits per heavy atom. The monoisotopic (exact) mass is 186 g/mol. The molecule has 1 fully saturated rings. The van der Waals surface area contributed by atoms with E-state index < -0.39 is 0 Å². The quantitative estimate of drug-likeness (QED) is 0.632. The lowest BCUT2D eigenvalue weighted by Crippen LogP contribution is -2.43. The molecule has 0 aromatic heterocycles. The number of nitrogens with zero attached hydrogens (tertiary/aromatic N) is 1. The van der Waals surface area contributed by atoms with Crippen molar-refractivity contribution in [2.45, 2.75) is 38.8 Å². The average molecular weight is 186 g/mol. The van der Waals surface area contributed by atoms with Crippen molar-refractivity contribution in [1.82, 2.24) is 4.90 Å². The molecule has 78 valence electrons. The minimum absolute atomic E-state index is 0.0823. The van der Waals surface area contributed by atoms with Gasteiger partial charge in [0.1, 0.15) is 0 Å². The van der Waals surface area contributed by atoms with Crippen molar-refractivity contribution in [1.29, 1.82) is 0 Å². The smallest absolute Gasteiger partial charge is 0.0595 e. The molecule has 3 nitrogen and oxygen atoms in total. The van der Waals surface area contributed by atoms with Gasteiger partial charge in [0.2, 0.25) is 0 Å². The predicted molar refractivity (Wildman–Crippen MR) is 54.5 cm³/mol. The largest absolute Gasteiger partial charge is 0.395 e. The summed E-state index contributed by atoms with van der Waals surface area (Å²) >= 11 is 0. The molecule has 13 heavy (non-hydrogen) atoms. The predicted octanol–water partition coefficient (Wildman–Crippen LogP) is 0.426. The van der Waals surface area contributed by atoms with Gasteiger partial charge in [-0.2, -0.15) is 0 Å². The SMILES string of the molecule is CC(C)N(CC(N)CO)CC1CC1. The second-order valence-corrected chi connectivity index (χ2v) is 4.43. The number of rotatable bonds is 6. The van der Waals surface area contributed by atoms with E-state index in [4.69, 9.17) is 10.8 Å². The van der Waals surface area contributed by atoms with Crippen LogP contribution in [0.5, 0.6) is 0 Å². The highest BCUT2D eigenvalue weighted by atomic mass is 16.3. The molecule has 1 aliphatic rings. The van der Waals surface area contributed by atoms with E-state index in [1.54, 1.807) is 0 Å². The van der Waals surface area contributed by atoms with Gasteiger partial charge >= 0.3 is 0 Å². The minimum atomic E-state index is -0.0823. The van der Waals surface area contributed by atoms with Gasteiger partial charge in [-0.05, 0) is 32.6 Å². The van der Waals surface area contributed by atoms with Crippen LogP contribution < -0.4 is 5.73 Å². The van der Waals surface area contributed by atoms with Crippen LogP contribution in [0.1, 0.15) is 26.7 Å². The van der Waals surface area contributed by atoms with Gasteiger partial charge in [0.25, 0.3) is 0 Å². The van der Waals surface area contributed by atoms with Crippen LogP contribution in [0.4, 0.5) is 0 Å². The molecule has 0 heterocycles.